The third-order valence-electron chi connectivity index (χ3n) is 2.02. The number of rotatable bonds is 5. The molecule has 0 aliphatic heterocycles. The van der Waals surface area contributed by atoms with E-state index >= 15 is 0 Å². The maximum atomic E-state index is 13.4. The lowest BCUT2D eigenvalue weighted by Gasteiger charge is -2.13. The largest absolute Gasteiger partial charge is 0.496 e. The molecule has 15 heavy (non-hydrogen) atoms. The molecule has 1 rings (SSSR count). The lowest BCUT2D eigenvalue weighted by atomic mass is 10.1. The zero-order valence-electron chi connectivity index (χ0n) is 8.75. The van der Waals surface area contributed by atoms with Gasteiger partial charge in [-0.25, -0.2) is 10.3 Å². The summed E-state index contributed by atoms with van der Waals surface area (Å²) in [6.45, 7) is 0.313. The van der Waals surface area contributed by atoms with Gasteiger partial charge in [-0.05, 0) is 12.1 Å². The first-order valence-electron chi connectivity index (χ1n) is 4.39. The number of ether oxygens (including phenoxy) is 2. The number of hydrogen-bond donors (Lipinski definition) is 1. The third kappa shape index (κ3) is 2.65. The maximum absolute atomic E-state index is 13.4. The Bertz CT molecular complexity index is 331. The van der Waals surface area contributed by atoms with Crippen LogP contribution in [0, 0.1) is 5.82 Å². The molecule has 0 unspecified atom stereocenters. The van der Waals surface area contributed by atoms with E-state index < -0.39 is 0 Å². The Balaban J connectivity index is 3.14. The van der Waals surface area contributed by atoms with E-state index in [0.29, 0.717) is 16.9 Å². The summed E-state index contributed by atoms with van der Waals surface area (Å²) < 4.78 is 23.4. The fraction of sp³-hybridized carbons (Fsp3) is 0.400. The highest BCUT2D eigenvalue weighted by Crippen LogP contribution is 2.27. The molecule has 0 bridgehead atoms. The van der Waals surface area contributed by atoms with Crippen LogP contribution in [0.4, 0.5) is 4.39 Å². The van der Waals surface area contributed by atoms with Crippen LogP contribution in [0.15, 0.2) is 12.1 Å². The van der Waals surface area contributed by atoms with Crippen LogP contribution in [0.2, 0.25) is 0 Å². The van der Waals surface area contributed by atoms with Crippen LogP contribution in [0.5, 0.6) is 5.75 Å². The molecule has 0 amide bonds. The molecule has 84 valence electrons. The Morgan fingerprint density at radius 1 is 1.27 bits per heavy atom. The van der Waals surface area contributed by atoms with Crippen molar-refractivity contribution in [3.63, 3.8) is 0 Å². The molecule has 0 saturated heterocycles. The molecule has 2 N–H and O–H groups in total. The summed E-state index contributed by atoms with van der Waals surface area (Å²) in [5, 5.41) is 0. The lowest BCUT2D eigenvalue weighted by Crippen LogP contribution is -2.05. The SMILES string of the molecule is COCc1c(F)ccc(CON)c1OC. The van der Waals surface area contributed by atoms with E-state index in [9.17, 15) is 4.39 Å². The van der Waals surface area contributed by atoms with Gasteiger partial charge in [0.05, 0.1) is 25.9 Å². The number of benzene rings is 1. The first-order chi connectivity index (χ1) is 7.24. The number of hydrogen-bond acceptors (Lipinski definition) is 4. The Labute approximate surface area is 87.7 Å². The van der Waals surface area contributed by atoms with Crippen molar-refractivity contribution in [2.75, 3.05) is 14.2 Å². The Hall–Kier alpha value is -1.17. The zero-order chi connectivity index (χ0) is 11.3. The van der Waals surface area contributed by atoms with Gasteiger partial charge < -0.3 is 9.47 Å². The first-order valence-corrected chi connectivity index (χ1v) is 4.39. The van der Waals surface area contributed by atoms with E-state index in [4.69, 9.17) is 15.4 Å². The summed E-state index contributed by atoms with van der Waals surface area (Å²) in [5.41, 5.74) is 1.06. The third-order valence-corrected chi connectivity index (χ3v) is 2.02. The molecule has 0 spiro atoms. The minimum Gasteiger partial charge on any atom is -0.496 e. The molecule has 0 atom stereocenters. The van der Waals surface area contributed by atoms with Crippen LogP contribution in [0.3, 0.4) is 0 Å². The van der Waals surface area contributed by atoms with Crippen LogP contribution in [-0.2, 0) is 22.8 Å². The van der Waals surface area contributed by atoms with Gasteiger partial charge >= 0.3 is 0 Å². The topological polar surface area (TPSA) is 53.7 Å². The summed E-state index contributed by atoms with van der Waals surface area (Å²) in [6.07, 6.45) is 0. The molecule has 4 nitrogen and oxygen atoms in total. The van der Waals surface area contributed by atoms with Crippen molar-refractivity contribution in [1.82, 2.24) is 0 Å². The molecule has 0 fully saturated rings. The molecule has 1 aromatic carbocycles. The normalized spacial score (nSPS) is 10.4. The summed E-state index contributed by atoms with van der Waals surface area (Å²) >= 11 is 0. The van der Waals surface area contributed by atoms with Crippen molar-refractivity contribution >= 4 is 0 Å². The van der Waals surface area contributed by atoms with E-state index in [2.05, 4.69) is 4.84 Å². The molecule has 0 aliphatic rings. The molecule has 0 aromatic heterocycles. The Morgan fingerprint density at radius 3 is 2.53 bits per heavy atom. The van der Waals surface area contributed by atoms with Gasteiger partial charge in [0, 0.05) is 12.7 Å². The van der Waals surface area contributed by atoms with E-state index in [1.807, 2.05) is 0 Å². The summed E-state index contributed by atoms with van der Waals surface area (Å²) in [4.78, 5) is 4.50. The quantitative estimate of drug-likeness (QED) is 0.754. The fourth-order valence-electron chi connectivity index (χ4n) is 1.39. The second-order valence-corrected chi connectivity index (χ2v) is 2.96. The summed E-state index contributed by atoms with van der Waals surface area (Å²) in [7, 11) is 2.96. The molecular weight excluding hydrogens is 201 g/mol. The zero-order valence-corrected chi connectivity index (χ0v) is 8.75. The van der Waals surface area contributed by atoms with Gasteiger partial charge in [0.25, 0.3) is 0 Å². The first kappa shape index (κ1) is 11.9. The van der Waals surface area contributed by atoms with Crippen molar-refractivity contribution in [3.8, 4) is 5.75 Å². The second kappa shape index (κ2) is 5.65. The maximum Gasteiger partial charge on any atom is 0.132 e. The van der Waals surface area contributed by atoms with E-state index in [0.717, 1.165) is 0 Å². The van der Waals surface area contributed by atoms with E-state index in [1.54, 1.807) is 6.07 Å². The number of nitrogens with two attached hydrogens (primary N) is 1. The van der Waals surface area contributed by atoms with Gasteiger partial charge in [-0.3, -0.25) is 4.84 Å². The Kier molecular flexibility index (Phi) is 4.48. The second-order valence-electron chi connectivity index (χ2n) is 2.96. The molecular formula is C10H14FNO3. The fourth-order valence-corrected chi connectivity index (χ4v) is 1.39. The standard InChI is InChI=1S/C10H14FNO3/c1-13-6-8-9(11)4-3-7(5-15-12)10(8)14-2/h3-4H,5-6,12H2,1-2H3. The number of methoxy groups -OCH3 is 2. The van der Waals surface area contributed by atoms with Crippen molar-refractivity contribution in [3.05, 3.63) is 29.1 Å². The molecule has 0 heterocycles. The monoisotopic (exact) mass is 215 g/mol. The van der Waals surface area contributed by atoms with Gasteiger partial charge in [-0.15, -0.1) is 0 Å². The smallest absolute Gasteiger partial charge is 0.132 e. The highest BCUT2D eigenvalue weighted by atomic mass is 19.1. The Morgan fingerprint density at radius 2 is 2.00 bits per heavy atom. The van der Waals surface area contributed by atoms with Crippen LogP contribution >= 0.6 is 0 Å². The summed E-state index contributed by atoms with van der Waals surface area (Å²) in [5.74, 6) is 5.02. The van der Waals surface area contributed by atoms with Crippen LogP contribution in [0.25, 0.3) is 0 Å². The minimum atomic E-state index is -0.366. The number of halogens is 1. The minimum absolute atomic E-state index is 0.146. The van der Waals surface area contributed by atoms with Crippen LogP contribution in [0.1, 0.15) is 11.1 Å². The van der Waals surface area contributed by atoms with E-state index in [1.165, 1.54) is 20.3 Å². The average Bonchev–Trinajstić information content (AvgIpc) is 2.24. The van der Waals surface area contributed by atoms with Crippen molar-refractivity contribution in [2.45, 2.75) is 13.2 Å². The van der Waals surface area contributed by atoms with Gasteiger partial charge in [-0.2, -0.15) is 0 Å². The molecule has 0 aliphatic carbocycles. The van der Waals surface area contributed by atoms with Crippen LogP contribution < -0.4 is 10.6 Å². The van der Waals surface area contributed by atoms with Crippen molar-refractivity contribution < 1.29 is 18.7 Å². The highest BCUT2D eigenvalue weighted by molar-refractivity contribution is 5.41. The van der Waals surface area contributed by atoms with Crippen molar-refractivity contribution in [2.24, 2.45) is 5.90 Å². The predicted molar refractivity (Wildman–Crippen MR) is 52.6 cm³/mol. The van der Waals surface area contributed by atoms with Crippen molar-refractivity contribution in [1.29, 1.82) is 0 Å². The molecule has 0 saturated carbocycles. The van der Waals surface area contributed by atoms with Gasteiger partial charge in [0.2, 0.25) is 0 Å². The predicted octanol–water partition coefficient (Wildman–Crippen LogP) is 1.37. The highest BCUT2D eigenvalue weighted by Gasteiger charge is 2.13. The summed E-state index contributed by atoms with van der Waals surface area (Å²) in [6, 6.07) is 2.91. The van der Waals surface area contributed by atoms with Gasteiger partial charge in [0.15, 0.2) is 0 Å². The molecule has 0 radical (unpaired) electrons. The van der Waals surface area contributed by atoms with Gasteiger partial charge in [0.1, 0.15) is 11.6 Å². The average molecular weight is 215 g/mol. The van der Waals surface area contributed by atoms with Crippen LogP contribution in [-0.4, -0.2) is 14.2 Å². The lowest BCUT2D eigenvalue weighted by molar-refractivity contribution is 0.121. The molecule has 1 aromatic rings. The molecule has 5 heteroatoms. The van der Waals surface area contributed by atoms with Gasteiger partial charge in [-0.1, -0.05) is 0 Å². The van der Waals surface area contributed by atoms with E-state index in [-0.39, 0.29) is 19.0 Å².